The highest BCUT2D eigenvalue weighted by Crippen LogP contribution is 2.58. The lowest BCUT2D eigenvalue weighted by Crippen LogP contribution is -2.64. The molecule has 7 heteroatoms. The number of hydrogen-bond donors (Lipinski definition) is 0. The van der Waals surface area contributed by atoms with Crippen molar-refractivity contribution in [3.8, 4) is 83.9 Å². The zero-order valence-electron chi connectivity index (χ0n) is 75.6. The summed E-state index contributed by atoms with van der Waals surface area (Å²) in [6.45, 7) is 18.1. The topological polar surface area (TPSA) is 23.9 Å². The molecule has 16 aromatic carbocycles. The summed E-state index contributed by atoms with van der Waals surface area (Å²) in [6.07, 6.45) is 0. The van der Waals surface area contributed by atoms with Crippen molar-refractivity contribution in [1.82, 2.24) is 4.57 Å². The van der Waals surface area contributed by atoms with Gasteiger partial charge in [-0.05, 0) is 207 Å². The summed E-state index contributed by atoms with van der Waals surface area (Å²) in [5, 5.41) is 1.79. The van der Waals surface area contributed by atoms with Crippen LogP contribution in [0.2, 0.25) is 0 Å². The highest BCUT2D eigenvalue weighted by molar-refractivity contribution is 7.02. The van der Waals surface area contributed by atoms with E-state index in [1.807, 2.05) is 83.4 Å². The summed E-state index contributed by atoms with van der Waals surface area (Å²) >= 11 is 0. The van der Waals surface area contributed by atoms with Crippen molar-refractivity contribution >= 4 is 119 Å². The van der Waals surface area contributed by atoms with Crippen molar-refractivity contribution in [3.63, 3.8) is 0 Å². The third-order valence-corrected chi connectivity index (χ3v) is 23.9. The summed E-state index contributed by atoms with van der Waals surface area (Å²) in [6, 6.07) is 99.4. The Morgan fingerprint density at radius 2 is 0.739 bits per heavy atom. The lowest BCUT2D eigenvalue weighted by Gasteiger charge is -2.49. The van der Waals surface area contributed by atoms with E-state index in [-0.39, 0.29) is 65.4 Å². The summed E-state index contributed by atoms with van der Waals surface area (Å²) in [5.74, 6) is 0.792. The third kappa shape index (κ3) is 11.4. The summed E-state index contributed by atoms with van der Waals surface area (Å²) in [7, 11) is 0. The Labute approximate surface area is 689 Å². The molecule has 0 amide bonds. The van der Waals surface area contributed by atoms with Crippen LogP contribution in [0.4, 0.5) is 51.2 Å². The molecule has 115 heavy (non-hydrogen) atoms. The van der Waals surface area contributed by atoms with E-state index in [0.29, 0.717) is 61.6 Å². The normalized spacial score (nSPS) is 14.5. The molecule has 550 valence electrons. The van der Waals surface area contributed by atoms with Gasteiger partial charge in [-0.1, -0.05) is 323 Å². The average molecular weight is 1490 g/mol. The summed E-state index contributed by atoms with van der Waals surface area (Å²) in [4.78, 5) is 6.44. The van der Waals surface area contributed by atoms with Gasteiger partial charge in [0.2, 0.25) is 0 Å². The van der Waals surface area contributed by atoms with Crippen molar-refractivity contribution in [1.29, 1.82) is 0 Å². The summed E-state index contributed by atoms with van der Waals surface area (Å²) in [5.41, 5.74) is 22.3. The summed E-state index contributed by atoms with van der Waals surface area (Å²) < 4.78 is 113. The van der Waals surface area contributed by atoms with Gasteiger partial charge in [0.15, 0.2) is 0 Å². The minimum absolute atomic E-state index is 0.0208. The molecule has 0 unspecified atom stereocenters. The van der Waals surface area contributed by atoms with Gasteiger partial charge in [0.05, 0.1) is 41.8 Å². The number of nitrogens with zero attached hydrogens (tertiary/aromatic N) is 4. The van der Waals surface area contributed by atoms with Crippen LogP contribution >= 0.6 is 0 Å². The predicted molar refractivity (Wildman–Crippen MR) is 489 cm³/mol. The Hall–Kier alpha value is -13.4. The van der Waals surface area contributed by atoms with Gasteiger partial charge in [0, 0.05) is 72.8 Å². The number of fused-ring (bicyclic) bond motifs is 12. The molecule has 0 atom stereocenters. The Bertz CT molecular complexity index is 7270. The molecule has 4 aliphatic heterocycles. The quantitative estimate of drug-likeness (QED) is 0.127. The molecule has 0 N–H and O–H groups in total. The molecule has 5 heterocycles. The number of aromatic nitrogens is 1. The fraction of sp³-hybridized carbons (Fsp3) is 0.111. The molecule has 0 saturated carbocycles. The first-order chi connectivity index (χ1) is 60.1. The fourth-order valence-electron chi connectivity index (χ4n) is 18.2. The van der Waals surface area contributed by atoms with Crippen molar-refractivity contribution < 1.29 is 18.4 Å². The van der Waals surface area contributed by atoms with Crippen molar-refractivity contribution in [2.75, 3.05) is 14.7 Å². The van der Waals surface area contributed by atoms with Crippen LogP contribution in [-0.2, 0) is 16.2 Å². The standard InChI is InChI=1S/C108H86B2N4O/c1-106(2,3)77-61-83(72-36-18-11-19-37-72)102(84(62-77)73-38-20-12-21-39-73)113-95-67-81(112-92-49-31-28-46-82(92)87-60-76(56-59-93(87)112)71-54-52-70(53-55-71)69-34-16-10-17-35-69)57-58-89(95)110-91-68-98-101-105(115-99-51-33-30-48-90(99)109(101)88-47-29-32-50-94(88)111(98)80-44-26-15-27-45-80)104(91)114(97-66-79(108(7,8)9)65-96(113)100(97)110)103-85(74-40-22-13-23-41-74)63-78(107(4,5)6)64-86(103)75-42-24-14-25-43-75/h10-68H,1-9H3/i15D,26D,27D,29D,32D,44D,47D,57D,58D,67D. The number of ether oxygens (including phenoxy) is 1. The maximum atomic E-state index is 12.1. The van der Waals surface area contributed by atoms with E-state index in [4.69, 9.17) is 6.11 Å². The second-order valence-corrected chi connectivity index (χ2v) is 34.0. The molecule has 1 aromatic heterocycles. The van der Waals surface area contributed by atoms with Crippen LogP contribution in [0.1, 0.15) is 92.7 Å². The lowest BCUT2D eigenvalue weighted by atomic mass is 9.31. The van der Waals surface area contributed by atoms with Crippen LogP contribution in [0.5, 0.6) is 11.5 Å². The van der Waals surface area contributed by atoms with Gasteiger partial charge in [0.1, 0.15) is 11.5 Å². The highest BCUT2D eigenvalue weighted by Gasteiger charge is 2.52. The van der Waals surface area contributed by atoms with E-state index < -0.39 is 41.8 Å². The Kier molecular flexibility index (Phi) is 13.8. The van der Waals surface area contributed by atoms with E-state index >= 15 is 0 Å². The van der Waals surface area contributed by atoms with Gasteiger partial charge in [-0.15, -0.1) is 0 Å². The average Bonchev–Trinajstić information content (AvgIpc) is 1.05. The predicted octanol–water partition coefficient (Wildman–Crippen LogP) is 25.2. The van der Waals surface area contributed by atoms with Crippen LogP contribution in [0, 0.1) is 0 Å². The minimum Gasteiger partial charge on any atom is -0.456 e. The second kappa shape index (κ2) is 26.7. The van der Waals surface area contributed by atoms with Gasteiger partial charge in [-0.3, -0.25) is 0 Å². The number of anilines is 9. The zero-order valence-corrected chi connectivity index (χ0v) is 65.6. The number of hydrogen-bond acceptors (Lipinski definition) is 4. The SMILES string of the molecule is [2H]c1cc(N2c3cc([2H])c([2H])c([2H])c3B3c4ccccc4Oc4c3c2cc2c4N(c3c(-c4ccccc4)cc(C(C)(C)C)cc3-c3ccccc3)c3cc(C(C)(C)C)cc4c3B2c2c([2H])c([2H])c(-n3c5ccccc5c5cc(-c6ccc(-c7ccccc7)cc6)ccc53)c([2H])c2N4c2c(-c3ccccc3)cc(C(C)(C)C)cc2-c2ccccc2)c([2H])c([2H])c1[2H]. The molecule has 0 radical (unpaired) electrons. The van der Waals surface area contributed by atoms with Crippen molar-refractivity contribution in [2.24, 2.45) is 0 Å². The van der Waals surface area contributed by atoms with Gasteiger partial charge in [-0.2, -0.15) is 0 Å². The van der Waals surface area contributed by atoms with Gasteiger partial charge in [0.25, 0.3) is 13.4 Å². The molecule has 21 rings (SSSR count). The first kappa shape index (κ1) is 59.4. The Morgan fingerprint density at radius 1 is 0.287 bits per heavy atom. The fourth-order valence-corrected chi connectivity index (χ4v) is 18.2. The maximum Gasteiger partial charge on any atom is 0.256 e. The maximum absolute atomic E-state index is 12.1. The minimum atomic E-state index is -1.11. The van der Waals surface area contributed by atoms with Crippen LogP contribution < -0.4 is 52.2 Å². The molecule has 0 saturated heterocycles. The van der Waals surface area contributed by atoms with Gasteiger partial charge < -0.3 is 24.0 Å². The van der Waals surface area contributed by atoms with E-state index in [2.05, 4.69) is 278 Å². The molecule has 17 aromatic rings. The van der Waals surface area contributed by atoms with Crippen LogP contribution in [0.25, 0.3) is 94.3 Å². The molecule has 0 aliphatic carbocycles. The largest absolute Gasteiger partial charge is 0.456 e. The van der Waals surface area contributed by atoms with Gasteiger partial charge >= 0.3 is 0 Å². The molecule has 5 nitrogen and oxygen atoms in total. The molecular formula is C108H86B2N4O. The first-order valence-corrected chi connectivity index (χ1v) is 39.8. The third-order valence-electron chi connectivity index (χ3n) is 23.9. The zero-order chi connectivity index (χ0) is 86.5. The van der Waals surface area contributed by atoms with E-state index in [0.717, 1.165) is 128 Å². The lowest BCUT2D eigenvalue weighted by molar-refractivity contribution is 0.489. The molecule has 0 fully saturated rings. The number of rotatable bonds is 10. The molecular weight excluding hydrogens is 1390 g/mol. The monoisotopic (exact) mass is 1490 g/mol. The Balaban J connectivity index is 0.982. The van der Waals surface area contributed by atoms with E-state index in [1.54, 1.807) is 11.0 Å². The van der Waals surface area contributed by atoms with E-state index in [1.165, 1.54) is 6.07 Å². The van der Waals surface area contributed by atoms with Crippen LogP contribution in [0.15, 0.2) is 358 Å². The Morgan fingerprint density at radius 3 is 1.33 bits per heavy atom. The molecule has 4 aliphatic rings. The highest BCUT2D eigenvalue weighted by atomic mass is 16.5. The molecule has 0 spiro atoms. The number of para-hydroxylation sites is 4. The van der Waals surface area contributed by atoms with E-state index in [9.17, 15) is 12.3 Å². The second-order valence-electron chi connectivity index (χ2n) is 34.0. The van der Waals surface area contributed by atoms with Crippen LogP contribution in [0.3, 0.4) is 0 Å². The molecule has 0 bridgehead atoms. The van der Waals surface area contributed by atoms with Crippen LogP contribution in [-0.4, -0.2) is 18.0 Å². The first-order valence-electron chi connectivity index (χ1n) is 44.8. The number of benzene rings is 16. The van der Waals surface area contributed by atoms with Crippen molar-refractivity contribution in [3.05, 3.63) is 374 Å². The smallest absolute Gasteiger partial charge is 0.256 e. The van der Waals surface area contributed by atoms with Gasteiger partial charge in [-0.25, -0.2) is 0 Å². The van der Waals surface area contributed by atoms with Crippen molar-refractivity contribution in [2.45, 2.75) is 78.6 Å².